The van der Waals surface area contributed by atoms with Gasteiger partial charge in [0, 0.05) is 17.1 Å². The van der Waals surface area contributed by atoms with Crippen molar-refractivity contribution >= 4 is 34.8 Å². The number of carbonyl (C=O) groups excluding carboxylic acids is 3. The first-order valence-electron chi connectivity index (χ1n) is 10.5. The number of hydrogen-bond acceptors (Lipinski definition) is 5. The maximum absolute atomic E-state index is 13.3. The summed E-state index contributed by atoms with van der Waals surface area (Å²) >= 11 is 1.56. The van der Waals surface area contributed by atoms with Gasteiger partial charge in [-0.05, 0) is 42.3 Å². The van der Waals surface area contributed by atoms with E-state index in [4.69, 9.17) is 4.74 Å². The normalized spacial score (nSPS) is 20.5. The number of fused-ring (bicyclic) bond motifs is 1. The van der Waals surface area contributed by atoms with Crippen molar-refractivity contribution in [3.63, 3.8) is 0 Å². The Balaban J connectivity index is 1.34. The van der Waals surface area contributed by atoms with E-state index < -0.39 is 11.9 Å². The molecule has 7 heteroatoms. The summed E-state index contributed by atoms with van der Waals surface area (Å²) in [6.45, 7) is 0.767. The predicted octanol–water partition coefficient (Wildman–Crippen LogP) is 3.30. The zero-order chi connectivity index (χ0) is 20.9. The molecule has 4 rings (SSSR count). The predicted molar refractivity (Wildman–Crippen MR) is 115 cm³/mol. The number of para-hydroxylation sites is 1. The van der Waals surface area contributed by atoms with E-state index in [0.29, 0.717) is 25.9 Å². The van der Waals surface area contributed by atoms with Crippen LogP contribution in [0.5, 0.6) is 0 Å². The van der Waals surface area contributed by atoms with E-state index in [1.165, 1.54) is 5.56 Å². The number of ether oxygens (including phenoxy) is 1. The molecule has 2 aliphatic rings. The van der Waals surface area contributed by atoms with Gasteiger partial charge in [-0.3, -0.25) is 14.4 Å². The van der Waals surface area contributed by atoms with E-state index in [0.717, 1.165) is 29.8 Å². The van der Waals surface area contributed by atoms with E-state index in [9.17, 15) is 14.4 Å². The average Bonchev–Trinajstić information content (AvgIpc) is 3.45. The summed E-state index contributed by atoms with van der Waals surface area (Å²) in [5, 5.41) is 4.70. The van der Waals surface area contributed by atoms with Gasteiger partial charge in [-0.2, -0.15) is 0 Å². The van der Waals surface area contributed by atoms with Crippen molar-refractivity contribution in [3.05, 3.63) is 52.2 Å². The number of thiophene rings is 1. The number of anilines is 1. The van der Waals surface area contributed by atoms with Gasteiger partial charge in [-0.15, -0.1) is 11.3 Å². The van der Waals surface area contributed by atoms with Crippen LogP contribution in [0.1, 0.15) is 36.1 Å². The molecule has 2 aromatic rings. The molecular formula is C23H26N2O4S. The molecule has 1 aromatic heterocycles. The molecule has 1 saturated carbocycles. The summed E-state index contributed by atoms with van der Waals surface area (Å²) in [5.74, 6) is -1.63. The Kier molecular flexibility index (Phi) is 6.47. The number of hydrogen-bond donors (Lipinski definition) is 1. The highest BCUT2D eigenvalue weighted by molar-refractivity contribution is 7.09. The van der Waals surface area contributed by atoms with Crippen molar-refractivity contribution < 1.29 is 19.1 Å². The van der Waals surface area contributed by atoms with Crippen molar-refractivity contribution in [2.45, 2.75) is 38.6 Å². The Morgan fingerprint density at radius 3 is 2.67 bits per heavy atom. The highest BCUT2D eigenvalue weighted by Crippen LogP contribution is 2.36. The van der Waals surface area contributed by atoms with Crippen LogP contribution in [-0.2, 0) is 32.1 Å². The molecule has 1 aliphatic heterocycles. The molecule has 1 aliphatic carbocycles. The third kappa shape index (κ3) is 4.56. The molecule has 1 aromatic carbocycles. The van der Waals surface area contributed by atoms with Crippen LogP contribution in [0.25, 0.3) is 0 Å². The van der Waals surface area contributed by atoms with Gasteiger partial charge in [0.05, 0.1) is 18.4 Å². The lowest BCUT2D eigenvalue weighted by Crippen LogP contribution is -2.43. The fraction of sp³-hybridized carbons (Fsp3) is 0.435. The van der Waals surface area contributed by atoms with E-state index in [1.807, 2.05) is 46.7 Å². The smallest absolute Gasteiger partial charge is 0.310 e. The molecule has 2 heterocycles. The average molecular weight is 427 g/mol. The molecule has 0 radical (unpaired) electrons. The Hall–Kier alpha value is -2.67. The van der Waals surface area contributed by atoms with Crippen LogP contribution in [0, 0.1) is 11.8 Å². The number of nitrogens with one attached hydrogen (secondary N) is 1. The minimum Gasteiger partial charge on any atom is -0.455 e. The van der Waals surface area contributed by atoms with E-state index in [-0.39, 0.29) is 24.3 Å². The van der Waals surface area contributed by atoms with E-state index >= 15 is 0 Å². The molecular weight excluding hydrogens is 400 g/mol. The van der Waals surface area contributed by atoms with Crippen LogP contribution in [-0.4, -0.2) is 30.9 Å². The van der Waals surface area contributed by atoms with Gasteiger partial charge in [0.2, 0.25) is 5.91 Å². The van der Waals surface area contributed by atoms with Crippen molar-refractivity contribution in [3.8, 4) is 0 Å². The molecule has 1 fully saturated rings. The van der Waals surface area contributed by atoms with Crippen LogP contribution >= 0.6 is 11.3 Å². The molecule has 2 unspecified atom stereocenters. The SMILES string of the molecule is O=C(COC(=O)C1CCCCC1C(=O)N1CCc2ccccc21)NCc1cccs1. The standard InChI is InChI=1S/C23H26N2O4S/c26-21(24-14-17-7-5-13-30-17)15-29-23(28)19-9-3-2-8-18(19)22(27)25-12-11-16-6-1-4-10-20(16)25/h1,4-7,10,13,18-19H,2-3,8-9,11-12,14-15H2,(H,24,26). The molecule has 6 nitrogen and oxygen atoms in total. The first-order valence-corrected chi connectivity index (χ1v) is 11.4. The second kappa shape index (κ2) is 9.43. The zero-order valence-corrected chi connectivity index (χ0v) is 17.7. The van der Waals surface area contributed by atoms with Gasteiger partial charge in [-0.25, -0.2) is 0 Å². The number of benzene rings is 1. The zero-order valence-electron chi connectivity index (χ0n) is 16.8. The molecule has 2 amide bonds. The van der Waals surface area contributed by atoms with Crippen LogP contribution in [0.15, 0.2) is 41.8 Å². The van der Waals surface area contributed by atoms with Gasteiger partial charge in [0.25, 0.3) is 5.91 Å². The quantitative estimate of drug-likeness (QED) is 0.719. The van der Waals surface area contributed by atoms with Crippen LogP contribution in [0.4, 0.5) is 5.69 Å². The number of amides is 2. The number of carbonyl (C=O) groups is 3. The monoisotopic (exact) mass is 426 g/mol. The third-order valence-electron chi connectivity index (χ3n) is 5.92. The summed E-state index contributed by atoms with van der Waals surface area (Å²) in [6, 6.07) is 11.8. The molecule has 1 N–H and O–H groups in total. The lowest BCUT2D eigenvalue weighted by Gasteiger charge is -2.32. The van der Waals surface area contributed by atoms with Gasteiger partial charge in [0.1, 0.15) is 0 Å². The lowest BCUT2D eigenvalue weighted by atomic mass is 9.78. The second-order valence-electron chi connectivity index (χ2n) is 7.83. The lowest BCUT2D eigenvalue weighted by molar-refractivity contribution is -0.157. The Morgan fingerprint density at radius 1 is 1.07 bits per heavy atom. The Labute approximate surface area is 180 Å². The van der Waals surface area contributed by atoms with Crippen molar-refractivity contribution in [2.24, 2.45) is 11.8 Å². The number of esters is 1. The molecule has 2 atom stereocenters. The summed E-state index contributed by atoms with van der Waals surface area (Å²) in [6.07, 6.45) is 3.97. The Bertz CT molecular complexity index is 912. The van der Waals surface area contributed by atoms with E-state index in [2.05, 4.69) is 5.32 Å². The molecule has 0 saturated heterocycles. The summed E-state index contributed by atoms with van der Waals surface area (Å²) in [5.41, 5.74) is 2.12. The van der Waals surface area contributed by atoms with Gasteiger partial charge in [-0.1, -0.05) is 37.1 Å². The fourth-order valence-corrected chi connectivity index (χ4v) is 5.01. The molecule has 0 spiro atoms. The van der Waals surface area contributed by atoms with Crippen molar-refractivity contribution in [1.29, 1.82) is 0 Å². The Morgan fingerprint density at radius 2 is 1.87 bits per heavy atom. The second-order valence-corrected chi connectivity index (χ2v) is 8.86. The third-order valence-corrected chi connectivity index (χ3v) is 6.80. The van der Waals surface area contributed by atoms with Gasteiger partial charge in [0.15, 0.2) is 6.61 Å². The van der Waals surface area contributed by atoms with Gasteiger partial charge < -0.3 is 15.0 Å². The molecule has 158 valence electrons. The topological polar surface area (TPSA) is 75.7 Å². The first-order chi connectivity index (χ1) is 14.6. The highest BCUT2D eigenvalue weighted by atomic mass is 32.1. The van der Waals surface area contributed by atoms with Crippen molar-refractivity contribution in [1.82, 2.24) is 5.32 Å². The minimum atomic E-state index is -0.482. The summed E-state index contributed by atoms with van der Waals surface area (Å²) in [4.78, 5) is 40.9. The highest BCUT2D eigenvalue weighted by Gasteiger charge is 2.40. The maximum atomic E-state index is 13.3. The molecule has 30 heavy (non-hydrogen) atoms. The van der Waals surface area contributed by atoms with Crippen LogP contribution < -0.4 is 10.2 Å². The minimum absolute atomic E-state index is 0.00347. The van der Waals surface area contributed by atoms with Crippen molar-refractivity contribution in [2.75, 3.05) is 18.1 Å². The van der Waals surface area contributed by atoms with Crippen LogP contribution in [0.2, 0.25) is 0 Å². The number of rotatable bonds is 6. The summed E-state index contributed by atoms with van der Waals surface area (Å²) < 4.78 is 5.31. The van der Waals surface area contributed by atoms with E-state index in [1.54, 1.807) is 11.3 Å². The summed E-state index contributed by atoms with van der Waals surface area (Å²) in [7, 11) is 0. The fourth-order valence-electron chi connectivity index (χ4n) is 4.37. The largest absolute Gasteiger partial charge is 0.455 e. The number of nitrogens with zero attached hydrogens (tertiary/aromatic N) is 1. The van der Waals surface area contributed by atoms with Gasteiger partial charge >= 0.3 is 5.97 Å². The molecule has 0 bridgehead atoms. The van der Waals surface area contributed by atoms with Crippen LogP contribution in [0.3, 0.4) is 0 Å². The first kappa shape index (κ1) is 20.6. The maximum Gasteiger partial charge on any atom is 0.310 e.